The first-order chi connectivity index (χ1) is 8.69. The summed E-state index contributed by atoms with van der Waals surface area (Å²) in [6, 6.07) is 7.10. The Hall–Kier alpha value is -1.85. The van der Waals surface area contributed by atoms with Crippen molar-refractivity contribution < 1.29 is 10.0 Å². The maximum absolute atomic E-state index is 11.4. The van der Waals surface area contributed by atoms with E-state index >= 15 is 0 Å². The molecule has 0 aliphatic carbocycles. The minimum absolute atomic E-state index is 0.131. The summed E-state index contributed by atoms with van der Waals surface area (Å²) < 4.78 is 0. The molecule has 0 radical (unpaired) electrons. The van der Waals surface area contributed by atoms with Gasteiger partial charge in [-0.1, -0.05) is 25.1 Å². The highest BCUT2D eigenvalue weighted by atomic mass is 16.5. The predicted octanol–water partition coefficient (Wildman–Crippen LogP) is 1.49. The molecule has 0 aliphatic rings. The number of hydrogen-bond acceptors (Lipinski definition) is 3. The molecule has 2 rings (SSSR count). The lowest BCUT2D eigenvalue weighted by Gasteiger charge is -2.20. The lowest BCUT2D eigenvalue weighted by atomic mass is 9.89. The second kappa shape index (κ2) is 5.20. The van der Waals surface area contributed by atoms with Gasteiger partial charge in [-0.3, -0.25) is 10.0 Å². The van der Waals surface area contributed by atoms with E-state index in [1.54, 1.807) is 5.48 Å². The van der Waals surface area contributed by atoms with Crippen molar-refractivity contribution in [3.63, 3.8) is 0 Å². The van der Waals surface area contributed by atoms with Crippen molar-refractivity contribution in [3.8, 4) is 0 Å². The fourth-order valence-electron chi connectivity index (χ4n) is 2.33. The van der Waals surface area contributed by atoms with Gasteiger partial charge in [-0.15, -0.1) is 0 Å². The Morgan fingerprint density at radius 3 is 2.89 bits per heavy atom. The molecule has 1 aromatic heterocycles. The van der Waals surface area contributed by atoms with E-state index in [0.717, 1.165) is 22.9 Å². The van der Waals surface area contributed by atoms with Crippen LogP contribution >= 0.6 is 0 Å². The summed E-state index contributed by atoms with van der Waals surface area (Å²) in [5.74, 6) is -0.694. The smallest absolute Gasteiger partial charge is 0.260 e. The molecule has 96 valence electrons. The summed E-state index contributed by atoms with van der Waals surface area (Å²) in [6.07, 6.45) is 2.60. The van der Waals surface area contributed by atoms with Crippen LogP contribution in [-0.2, 0) is 4.79 Å². The SMILES string of the molecule is CCC(c1c[nH]c2ccccc12)[C@H](N)C(=O)NO. The van der Waals surface area contributed by atoms with E-state index < -0.39 is 11.9 Å². The van der Waals surface area contributed by atoms with E-state index in [0.29, 0.717) is 0 Å². The van der Waals surface area contributed by atoms with Crippen LogP contribution in [0.4, 0.5) is 0 Å². The molecule has 0 saturated carbocycles. The Bertz CT molecular complexity index is 550. The van der Waals surface area contributed by atoms with Gasteiger partial charge < -0.3 is 10.7 Å². The van der Waals surface area contributed by atoms with Crippen molar-refractivity contribution in [3.05, 3.63) is 36.0 Å². The first kappa shape index (κ1) is 12.6. The molecule has 2 atom stereocenters. The van der Waals surface area contributed by atoms with Gasteiger partial charge in [0.25, 0.3) is 5.91 Å². The number of benzene rings is 1. The molecule has 5 nitrogen and oxygen atoms in total. The van der Waals surface area contributed by atoms with Crippen molar-refractivity contribution in [1.29, 1.82) is 0 Å². The number of carbonyl (C=O) groups is 1. The predicted molar refractivity (Wildman–Crippen MR) is 69.2 cm³/mol. The zero-order valence-electron chi connectivity index (χ0n) is 10.2. The third-order valence-electron chi connectivity index (χ3n) is 3.31. The van der Waals surface area contributed by atoms with Gasteiger partial charge in [-0.05, 0) is 18.1 Å². The fraction of sp³-hybridized carbons (Fsp3) is 0.308. The minimum Gasteiger partial charge on any atom is -0.361 e. The number of rotatable bonds is 4. The lowest BCUT2D eigenvalue weighted by molar-refractivity contribution is -0.131. The normalized spacial score (nSPS) is 14.4. The van der Waals surface area contributed by atoms with E-state index in [1.807, 2.05) is 37.4 Å². The second-order valence-electron chi connectivity index (χ2n) is 4.31. The van der Waals surface area contributed by atoms with Gasteiger partial charge in [0.05, 0.1) is 6.04 Å². The van der Waals surface area contributed by atoms with Crippen LogP contribution in [0.2, 0.25) is 0 Å². The molecule has 0 fully saturated rings. The molecular formula is C13H17N3O2. The molecule has 1 heterocycles. The van der Waals surface area contributed by atoms with E-state index in [2.05, 4.69) is 4.98 Å². The highest BCUT2D eigenvalue weighted by Gasteiger charge is 2.26. The standard InChI is InChI=1S/C13H17N3O2/c1-2-8(12(14)13(17)16-18)10-7-15-11-6-4-3-5-9(10)11/h3-8,12,15,18H,2,14H2,1H3,(H,16,17)/t8?,12-/m0/s1. The van der Waals surface area contributed by atoms with E-state index in [-0.39, 0.29) is 5.92 Å². The lowest BCUT2D eigenvalue weighted by Crippen LogP contribution is -2.43. The van der Waals surface area contributed by atoms with Crippen LogP contribution in [0.5, 0.6) is 0 Å². The summed E-state index contributed by atoms with van der Waals surface area (Å²) in [6.45, 7) is 1.97. The molecule has 5 N–H and O–H groups in total. The van der Waals surface area contributed by atoms with Crippen LogP contribution < -0.4 is 11.2 Å². The average molecular weight is 247 g/mol. The van der Waals surface area contributed by atoms with Crippen molar-refractivity contribution in [2.75, 3.05) is 0 Å². The molecule has 0 bridgehead atoms. The van der Waals surface area contributed by atoms with Crippen LogP contribution in [-0.4, -0.2) is 22.1 Å². The molecule has 0 aliphatic heterocycles. The largest absolute Gasteiger partial charge is 0.361 e. The van der Waals surface area contributed by atoms with Crippen molar-refractivity contribution in [2.24, 2.45) is 5.73 Å². The number of nitrogens with one attached hydrogen (secondary N) is 2. The van der Waals surface area contributed by atoms with E-state index in [4.69, 9.17) is 10.9 Å². The van der Waals surface area contributed by atoms with Gasteiger partial charge in [0.1, 0.15) is 0 Å². The average Bonchev–Trinajstić information content (AvgIpc) is 2.83. The highest BCUT2D eigenvalue weighted by molar-refractivity contribution is 5.86. The van der Waals surface area contributed by atoms with Crippen LogP contribution in [0.15, 0.2) is 30.5 Å². The van der Waals surface area contributed by atoms with Crippen molar-refractivity contribution in [1.82, 2.24) is 10.5 Å². The molecule has 1 unspecified atom stereocenters. The number of hydroxylamine groups is 1. The molecule has 1 amide bonds. The van der Waals surface area contributed by atoms with Gasteiger partial charge in [-0.25, -0.2) is 5.48 Å². The number of aromatic nitrogens is 1. The number of para-hydroxylation sites is 1. The van der Waals surface area contributed by atoms with Gasteiger partial charge in [0.2, 0.25) is 0 Å². The Balaban J connectivity index is 2.41. The molecule has 2 aromatic rings. The highest BCUT2D eigenvalue weighted by Crippen LogP contribution is 2.29. The quantitative estimate of drug-likeness (QED) is 0.487. The molecule has 0 spiro atoms. The Morgan fingerprint density at radius 1 is 1.50 bits per heavy atom. The molecule has 5 heteroatoms. The van der Waals surface area contributed by atoms with Gasteiger partial charge in [0.15, 0.2) is 0 Å². The maximum atomic E-state index is 11.4. The summed E-state index contributed by atoms with van der Waals surface area (Å²) in [4.78, 5) is 14.6. The number of H-pyrrole nitrogens is 1. The first-order valence-electron chi connectivity index (χ1n) is 5.94. The number of nitrogens with two attached hydrogens (primary N) is 1. The van der Waals surface area contributed by atoms with Crippen LogP contribution in [0.3, 0.4) is 0 Å². The summed E-state index contributed by atoms with van der Waals surface area (Å²) in [5.41, 5.74) is 9.51. The van der Waals surface area contributed by atoms with Gasteiger partial charge >= 0.3 is 0 Å². The van der Waals surface area contributed by atoms with E-state index in [1.165, 1.54) is 0 Å². The van der Waals surface area contributed by atoms with Gasteiger partial charge in [0, 0.05) is 23.0 Å². The van der Waals surface area contributed by atoms with Crippen molar-refractivity contribution in [2.45, 2.75) is 25.3 Å². The maximum Gasteiger partial charge on any atom is 0.260 e. The Labute approximate surface area is 105 Å². The molecule has 1 aromatic carbocycles. The number of fused-ring (bicyclic) bond motifs is 1. The van der Waals surface area contributed by atoms with Crippen LogP contribution in [0, 0.1) is 0 Å². The second-order valence-corrected chi connectivity index (χ2v) is 4.31. The van der Waals surface area contributed by atoms with E-state index in [9.17, 15) is 4.79 Å². The zero-order chi connectivity index (χ0) is 13.1. The summed E-state index contributed by atoms with van der Waals surface area (Å²) >= 11 is 0. The van der Waals surface area contributed by atoms with Crippen molar-refractivity contribution >= 4 is 16.8 Å². The monoisotopic (exact) mass is 247 g/mol. The Kier molecular flexibility index (Phi) is 3.64. The molecule has 18 heavy (non-hydrogen) atoms. The van der Waals surface area contributed by atoms with Crippen LogP contribution in [0.25, 0.3) is 10.9 Å². The number of carbonyl (C=O) groups excluding carboxylic acids is 1. The summed E-state index contributed by atoms with van der Waals surface area (Å²) in [5, 5.41) is 9.73. The number of aromatic amines is 1. The first-order valence-corrected chi connectivity index (χ1v) is 5.94. The number of amides is 1. The third kappa shape index (κ3) is 2.10. The topological polar surface area (TPSA) is 91.1 Å². The fourth-order valence-corrected chi connectivity index (χ4v) is 2.33. The number of hydrogen-bond donors (Lipinski definition) is 4. The minimum atomic E-state index is -0.765. The third-order valence-corrected chi connectivity index (χ3v) is 3.31. The van der Waals surface area contributed by atoms with Gasteiger partial charge in [-0.2, -0.15) is 0 Å². The Morgan fingerprint density at radius 2 is 2.22 bits per heavy atom. The molecule has 0 saturated heterocycles. The summed E-state index contributed by atoms with van der Waals surface area (Å²) in [7, 11) is 0. The molecular weight excluding hydrogens is 230 g/mol. The zero-order valence-corrected chi connectivity index (χ0v) is 10.2. The van der Waals surface area contributed by atoms with Crippen LogP contribution in [0.1, 0.15) is 24.8 Å².